The highest BCUT2D eigenvalue weighted by atomic mass is 79.9. The maximum atomic E-state index is 11.2. The van der Waals surface area contributed by atoms with E-state index in [1.165, 1.54) is 18.0 Å². The lowest BCUT2D eigenvalue weighted by molar-refractivity contribution is -0.117. The molecule has 0 radical (unpaired) electrons. The highest BCUT2D eigenvalue weighted by molar-refractivity contribution is 9.10. The van der Waals surface area contributed by atoms with Gasteiger partial charge in [0.1, 0.15) is 4.83 Å². The third kappa shape index (κ3) is 2.48. The molecule has 0 spiro atoms. The molecule has 1 amide bonds. The first kappa shape index (κ1) is 10.4. The molecule has 0 N–H and O–H groups in total. The highest BCUT2D eigenvalue weighted by Crippen LogP contribution is 2.32. The van der Waals surface area contributed by atoms with Crippen molar-refractivity contribution in [2.24, 2.45) is 10.2 Å². The van der Waals surface area contributed by atoms with Gasteiger partial charge in [-0.3, -0.25) is 4.79 Å². The first-order chi connectivity index (χ1) is 7.27. The number of azo groups is 1. The third-order valence-electron chi connectivity index (χ3n) is 1.56. The van der Waals surface area contributed by atoms with E-state index in [2.05, 4.69) is 36.1 Å². The molecule has 5 nitrogen and oxygen atoms in total. The van der Waals surface area contributed by atoms with Crippen molar-refractivity contribution in [3.05, 3.63) is 29.6 Å². The molecule has 76 valence electrons. The summed E-state index contributed by atoms with van der Waals surface area (Å²) in [5.74, 6) is -0.309. The molecule has 1 aromatic heterocycles. The van der Waals surface area contributed by atoms with Crippen LogP contribution >= 0.6 is 27.7 Å². The quantitative estimate of drug-likeness (QED) is 0.617. The lowest BCUT2D eigenvalue weighted by atomic mass is 10.4. The maximum absolute atomic E-state index is 11.2. The second-order valence-electron chi connectivity index (χ2n) is 2.58. The van der Waals surface area contributed by atoms with Gasteiger partial charge in [0.15, 0.2) is 5.16 Å². The van der Waals surface area contributed by atoms with Crippen LogP contribution in [0.3, 0.4) is 0 Å². The van der Waals surface area contributed by atoms with Crippen LogP contribution in [-0.4, -0.2) is 20.7 Å². The van der Waals surface area contributed by atoms with Crippen LogP contribution in [0.1, 0.15) is 0 Å². The number of hydrogen-bond acceptors (Lipinski definition) is 5. The van der Waals surface area contributed by atoms with Crippen LogP contribution < -0.4 is 0 Å². The van der Waals surface area contributed by atoms with Crippen molar-refractivity contribution in [1.82, 2.24) is 9.97 Å². The van der Waals surface area contributed by atoms with E-state index in [0.29, 0.717) is 5.16 Å². The fourth-order valence-electron chi connectivity index (χ4n) is 0.902. The summed E-state index contributed by atoms with van der Waals surface area (Å²) in [6, 6.07) is 1.73. The number of carbonyl (C=O) groups excluding carboxylic acids is 1. The van der Waals surface area contributed by atoms with E-state index < -0.39 is 4.83 Å². The summed E-state index contributed by atoms with van der Waals surface area (Å²) < 4.78 is 0. The summed E-state index contributed by atoms with van der Waals surface area (Å²) in [4.78, 5) is 19.6. The summed E-state index contributed by atoms with van der Waals surface area (Å²) >= 11 is 4.52. The standard InChI is InChI=1S/C8H5BrN4OS/c9-6-5(4-12-13-7(6)14)15-8-10-2-1-3-11-8/h1-4,6H. The van der Waals surface area contributed by atoms with Crippen LogP contribution in [0, 0.1) is 0 Å². The zero-order chi connectivity index (χ0) is 10.7. The highest BCUT2D eigenvalue weighted by Gasteiger charge is 2.23. The van der Waals surface area contributed by atoms with Crippen molar-refractivity contribution >= 4 is 33.6 Å². The maximum Gasteiger partial charge on any atom is 0.283 e. The Morgan fingerprint density at radius 1 is 1.33 bits per heavy atom. The minimum Gasteiger partial charge on any atom is -0.269 e. The zero-order valence-corrected chi connectivity index (χ0v) is 9.77. The summed E-state index contributed by atoms with van der Waals surface area (Å²) in [6.07, 6.45) is 4.82. The van der Waals surface area contributed by atoms with Gasteiger partial charge in [-0.15, -0.1) is 5.11 Å². The van der Waals surface area contributed by atoms with E-state index in [1.54, 1.807) is 18.5 Å². The largest absolute Gasteiger partial charge is 0.283 e. The van der Waals surface area contributed by atoms with E-state index in [4.69, 9.17) is 0 Å². The first-order valence-corrected chi connectivity index (χ1v) is 5.74. The van der Waals surface area contributed by atoms with E-state index in [0.717, 1.165) is 4.91 Å². The second-order valence-corrected chi connectivity index (χ2v) is 4.54. The third-order valence-corrected chi connectivity index (χ3v) is 3.72. The first-order valence-electron chi connectivity index (χ1n) is 4.01. The molecule has 0 fully saturated rings. The molecule has 2 rings (SSSR count). The van der Waals surface area contributed by atoms with E-state index >= 15 is 0 Å². The van der Waals surface area contributed by atoms with Crippen molar-refractivity contribution in [2.45, 2.75) is 9.98 Å². The van der Waals surface area contributed by atoms with Gasteiger partial charge in [0.05, 0.1) is 6.20 Å². The molecule has 15 heavy (non-hydrogen) atoms. The second kappa shape index (κ2) is 4.63. The Balaban J connectivity index is 2.16. The predicted molar refractivity (Wildman–Crippen MR) is 58.6 cm³/mol. The lowest BCUT2D eigenvalue weighted by Crippen LogP contribution is -2.14. The van der Waals surface area contributed by atoms with E-state index in [-0.39, 0.29) is 5.91 Å². The van der Waals surface area contributed by atoms with Gasteiger partial charge in [-0.1, -0.05) is 27.7 Å². The predicted octanol–water partition coefficient (Wildman–Crippen LogP) is 2.17. The lowest BCUT2D eigenvalue weighted by Gasteiger charge is -2.10. The molecule has 0 aromatic carbocycles. The number of rotatable bonds is 2. The van der Waals surface area contributed by atoms with Gasteiger partial charge in [0.2, 0.25) is 0 Å². The number of carbonyl (C=O) groups is 1. The Morgan fingerprint density at radius 2 is 2.07 bits per heavy atom. The molecule has 0 saturated heterocycles. The van der Waals surface area contributed by atoms with E-state index in [9.17, 15) is 4.79 Å². The molecular formula is C8H5BrN4OS. The van der Waals surface area contributed by atoms with E-state index in [1.807, 2.05) is 0 Å². The Kier molecular flexibility index (Phi) is 3.22. The van der Waals surface area contributed by atoms with Crippen LogP contribution in [0.2, 0.25) is 0 Å². The summed E-state index contributed by atoms with van der Waals surface area (Å²) in [7, 11) is 0. The van der Waals surface area contributed by atoms with Gasteiger partial charge in [-0.2, -0.15) is 5.11 Å². The fraction of sp³-hybridized carbons (Fsp3) is 0.125. The SMILES string of the molecule is O=C1N=NC=C(Sc2ncccn2)C1Br. The molecule has 0 bridgehead atoms. The fourth-order valence-corrected chi connectivity index (χ4v) is 2.13. The normalized spacial score (nSPS) is 20.2. The van der Waals surface area contributed by atoms with Crippen LogP contribution in [-0.2, 0) is 4.79 Å². The van der Waals surface area contributed by atoms with Gasteiger partial charge in [0, 0.05) is 17.3 Å². The topological polar surface area (TPSA) is 67.6 Å². The molecular weight excluding hydrogens is 280 g/mol. The summed E-state index contributed by atoms with van der Waals surface area (Å²) in [6.45, 7) is 0. The molecule has 1 aliphatic rings. The van der Waals surface area contributed by atoms with Gasteiger partial charge in [0.25, 0.3) is 5.91 Å². The molecule has 0 aliphatic carbocycles. The van der Waals surface area contributed by atoms with Crippen molar-refractivity contribution < 1.29 is 4.79 Å². The minimum absolute atomic E-state index is 0.309. The molecule has 2 heterocycles. The van der Waals surface area contributed by atoms with Crippen LogP contribution in [0.5, 0.6) is 0 Å². The molecule has 1 aromatic rings. The minimum atomic E-state index is -0.441. The average molecular weight is 285 g/mol. The summed E-state index contributed by atoms with van der Waals surface area (Å²) in [5.41, 5.74) is 0. The number of halogens is 1. The van der Waals surface area contributed by atoms with Crippen molar-refractivity contribution in [3.63, 3.8) is 0 Å². The van der Waals surface area contributed by atoms with Crippen molar-refractivity contribution in [3.8, 4) is 0 Å². The Bertz CT molecular complexity index is 434. The molecule has 1 aliphatic heterocycles. The number of aromatic nitrogens is 2. The van der Waals surface area contributed by atoms with Gasteiger partial charge < -0.3 is 0 Å². The zero-order valence-electron chi connectivity index (χ0n) is 7.37. The molecule has 0 saturated carbocycles. The summed E-state index contributed by atoms with van der Waals surface area (Å²) in [5, 5.41) is 7.59. The number of amides is 1. The van der Waals surface area contributed by atoms with Crippen molar-refractivity contribution in [2.75, 3.05) is 0 Å². The van der Waals surface area contributed by atoms with Crippen molar-refractivity contribution in [1.29, 1.82) is 0 Å². The average Bonchev–Trinajstić information content (AvgIpc) is 2.26. The van der Waals surface area contributed by atoms with Gasteiger partial charge in [-0.05, 0) is 6.07 Å². The number of alkyl halides is 1. The van der Waals surface area contributed by atoms with Gasteiger partial charge >= 0.3 is 0 Å². The van der Waals surface area contributed by atoms with Gasteiger partial charge in [-0.25, -0.2) is 9.97 Å². The molecule has 1 unspecified atom stereocenters. The molecule has 1 atom stereocenters. The molecule has 7 heteroatoms. The monoisotopic (exact) mass is 284 g/mol. The Morgan fingerprint density at radius 3 is 2.80 bits per heavy atom. The number of hydrogen-bond donors (Lipinski definition) is 0. The van der Waals surface area contributed by atoms with Crippen LogP contribution in [0.4, 0.5) is 0 Å². The van der Waals surface area contributed by atoms with Crippen LogP contribution in [0.25, 0.3) is 0 Å². The number of nitrogens with zero attached hydrogens (tertiary/aromatic N) is 4. The Hall–Kier alpha value is -1.08. The number of thioether (sulfide) groups is 1. The Labute approximate surface area is 98.2 Å². The smallest absolute Gasteiger partial charge is 0.269 e. The van der Waals surface area contributed by atoms with Crippen LogP contribution in [0.15, 0.2) is 45.0 Å².